The molecule has 0 aliphatic carbocycles. The van der Waals surface area contributed by atoms with E-state index in [4.69, 9.17) is 16.3 Å². The van der Waals surface area contributed by atoms with Gasteiger partial charge in [-0.1, -0.05) is 11.6 Å². The minimum atomic E-state index is 0.547. The fourth-order valence-electron chi connectivity index (χ4n) is 2.50. The Labute approximate surface area is 128 Å². The fourth-order valence-corrected chi connectivity index (χ4v) is 3.30. The smallest absolute Gasteiger partial charge is 0.133 e. The highest BCUT2D eigenvalue weighted by molar-refractivity contribution is 9.10. The van der Waals surface area contributed by atoms with E-state index in [-0.39, 0.29) is 0 Å². The molecule has 1 heterocycles. The third kappa shape index (κ3) is 4.63. The lowest BCUT2D eigenvalue weighted by Crippen LogP contribution is -2.54. The fraction of sp³-hybridized carbons (Fsp3) is 0.571. The van der Waals surface area contributed by atoms with Crippen LogP contribution in [0.5, 0.6) is 5.75 Å². The average Bonchev–Trinajstić information content (AvgIpc) is 2.30. The lowest BCUT2D eigenvalue weighted by Gasteiger charge is -2.36. The van der Waals surface area contributed by atoms with E-state index in [1.54, 1.807) is 0 Å². The maximum Gasteiger partial charge on any atom is 0.133 e. The molecule has 1 aliphatic heterocycles. The van der Waals surface area contributed by atoms with Crippen LogP contribution in [0, 0.1) is 0 Å². The molecule has 106 valence electrons. The van der Waals surface area contributed by atoms with Crippen molar-refractivity contribution < 1.29 is 4.74 Å². The van der Waals surface area contributed by atoms with E-state index in [9.17, 15) is 0 Å². The van der Waals surface area contributed by atoms with E-state index in [1.807, 2.05) is 18.2 Å². The van der Waals surface area contributed by atoms with Crippen molar-refractivity contribution in [2.45, 2.75) is 25.9 Å². The maximum atomic E-state index is 5.90. The highest BCUT2D eigenvalue weighted by Crippen LogP contribution is 2.27. The Morgan fingerprint density at radius 3 is 2.68 bits per heavy atom. The molecule has 1 aromatic rings. The zero-order valence-electron chi connectivity index (χ0n) is 11.3. The van der Waals surface area contributed by atoms with Gasteiger partial charge >= 0.3 is 0 Å². The Bertz CT molecular complexity index is 420. The van der Waals surface area contributed by atoms with Crippen molar-refractivity contribution in [3.05, 3.63) is 27.7 Å². The van der Waals surface area contributed by atoms with Gasteiger partial charge in [-0.25, -0.2) is 0 Å². The summed E-state index contributed by atoms with van der Waals surface area (Å²) in [5.41, 5.74) is 0. The SMILES string of the molecule is CC1CN(CCOc2ccc(Cl)cc2Br)CC(C)N1. The van der Waals surface area contributed by atoms with Crippen LogP contribution in [0.1, 0.15) is 13.8 Å². The van der Waals surface area contributed by atoms with Gasteiger partial charge in [0.05, 0.1) is 4.47 Å². The Morgan fingerprint density at radius 1 is 1.37 bits per heavy atom. The summed E-state index contributed by atoms with van der Waals surface area (Å²) < 4.78 is 6.70. The van der Waals surface area contributed by atoms with Crippen molar-refractivity contribution in [1.82, 2.24) is 10.2 Å². The number of nitrogens with zero attached hydrogens (tertiary/aromatic N) is 1. The number of rotatable bonds is 4. The number of ether oxygens (including phenoxy) is 1. The van der Waals surface area contributed by atoms with Gasteiger partial charge in [0.2, 0.25) is 0 Å². The van der Waals surface area contributed by atoms with Crippen LogP contribution in [0.4, 0.5) is 0 Å². The van der Waals surface area contributed by atoms with Gasteiger partial charge in [-0.2, -0.15) is 0 Å². The van der Waals surface area contributed by atoms with Gasteiger partial charge in [-0.3, -0.25) is 4.90 Å². The number of hydrogen-bond acceptors (Lipinski definition) is 3. The standard InChI is InChI=1S/C14H20BrClN2O/c1-10-8-18(9-11(2)17-10)5-6-19-14-4-3-12(16)7-13(14)15/h3-4,7,10-11,17H,5-6,8-9H2,1-2H3. The number of piperazine rings is 1. The molecule has 3 nitrogen and oxygen atoms in total. The van der Waals surface area contributed by atoms with Crippen LogP contribution >= 0.6 is 27.5 Å². The van der Waals surface area contributed by atoms with Crippen LogP contribution in [-0.2, 0) is 0 Å². The first kappa shape index (κ1) is 15.1. The van der Waals surface area contributed by atoms with Gasteiger partial charge in [0.1, 0.15) is 12.4 Å². The highest BCUT2D eigenvalue weighted by Gasteiger charge is 2.20. The quantitative estimate of drug-likeness (QED) is 0.905. The third-order valence-electron chi connectivity index (χ3n) is 3.19. The van der Waals surface area contributed by atoms with Crippen molar-refractivity contribution >= 4 is 27.5 Å². The molecule has 0 saturated carbocycles. The summed E-state index contributed by atoms with van der Waals surface area (Å²) in [7, 11) is 0. The summed E-state index contributed by atoms with van der Waals surface area (Å²) in [5.74, 6) is 0.848. The van der Waals surface area contributed by atoms with Crippen molar-refractivity contribution in [2.24, 2.45) is 0 Å². The number of halogens is 2. The molecule has 1 aromatic carbocycles. The van der Waals surface area contributed by atoms with E-state index in [0.29, 0.717) is 23.7 Å². The van der Waals surface area contributed by atoms with Crippen LogP contribution in [0.2, 0.25) is 5.02 Å². The molecule has 0 bridgehead atoms. The van der Waals surface area contributed by atoms with Gasteiger partial charge in [-0.05, 0) is 48.0 Å². The van der Waals surface area contributed by atoms with E-state index in [2.05, 4.69) is 40.0 Å². The Hall–Kier alpha value is -0.290. The molecule has 0 amide bonds. The van der Waals surface area contributed by atoms with Crippen LogP contribution in [0.25, 0.3) is 0 Å². The van der Waals surface area contributed by atoms with E-state index < -0.39 is 0 Å². The summed E-state index contributed by atoms with van der Waals surface area (Å²) in [5, 5.41) is 4.24. The summed E-state index contributed by atoms with van der Waals surface area (Å²) in [6.07, 6.45) is 0. The predicted molar refractivity (Wildman–Crippen MR) is 83.1 cm³/mol. The lowest BCUT2D eigenvalue weighted by atomic mass is 10.1. The van der Waals surface area contributed by atoms with Crippen LogP contribution in [-0.4, -0.2) is 43.2 Å². The van der Waals surface area contributed by atoms with E-state index in [1.165, 1.54) is 0 Å². The third-order valence-corrected chi connectivity index (χ3v) is 4.05. The molecule has 1 saturated heterocycles. The minimum Gasteiger partial charge on any atom is -0.491 e. The Kier molecular flexibility index (Phi) is 5.51. The lowest BCUT2D eigenvalue weighted by molar-refractivity contribution is 0.146. The molecule has 1 N–H and O–H groups in total. The molecule has 0 aromatic heterocycles. The summed E-state index contributed by atoms with van der Waals surface area (Å²) in [4.78, 5) is 2.44. The van der Waals surface area contributed by atoms with Crippen molar-refractivity contribution in [3.63, 3.8) is 0 Å². The van der Waals surface area contributed by atoms with Gasteiger partial charge in [0.15, 0.2) is 0 Å². The van der Waals surface area contributed by atoms with Crippen molar-refractivity contribution in [1.29, 1.82) is 0 Å². The zero-order chi connectivity index (χ0) is 13.8. The molecule has 2 atom stereocenters. The van der Waals surface area contributed by atoms with Crippen LogP contribution < -0.4 is 10.1 Å². The van der Waals surface area contributed by atoms with Crippen LogP contribution in [0.3, 0.4) is 0 Å². The second-order valence-corrected chi connectivity index (χ2v) is 6.44. The summed E-state index contributed by atoms with van der Waals surface area (Å²) in [6.45, 7) is 8.24. The summed E-state index contributed by atoms with van der Waals surface area (Å²) in [6, 6.07) is 6.69. The highest BCUT2D eigenvalue weighted by atomic mass is 79.9. The maximum absolute atomic E-state index is 5.90. The number of benzene rings is 1. The molecule has 5 heteroatoms. The van der Waals surface area contributed by atoms with Gasteiger partial charge < -0.3 is 10.1 Å². The molecule has 1 fully saturated rings. The van der Waals surface area contributed by atoms with E-state index in [0.717, 1.165) is 29.9 Å². The van der Waals surface area contributed by atoms with Gasteiger partial charge in [0, 0.05) is 36.7 Å². The predicted octanol–water partition coefficient (Wildman–Crippen LogP) is 3.16. The van der Waals surface area contributed by atoms with Crippen LogP contribution in [0.15, 0.2) is 22.7 Å². The zero-order valence-corrected chi connectivity index (χ0v) is 13.7. The second-order valence-electron chi connectivity index (χ2n) is 5.15. The normalized spacial score (nSPS) is 24.4. The molecule has 19 heavy (non-hydrogen) atoms. The minimum absolute atomic E-state index is 0.547. The first-order valence-electron chi connectivity index (χ1n) is 6.61. The molecule has 1 aliphatic rings. The first-order valence-corrected chi connectivity index (χ1v) is 7.78. The molecule has 2 unspecified atom stereocenters. The summed E-state index contributed by atoms with van der Waals surface area (Å²) >= 11 is 9.36. The van der Waals surface area contributed by atoms with E-state index >= 15 is 0 Å². The Morgan fingerprint density at radius 2 is 2.05 bits per heavy atom. The molecular formula is C14H20BrClN2O. The van der Waals surface area contributed by atoms with Gasteiger partial charge in [0.25, 0.3) is 0 Å². The Balaban J connectivity index is 1.80. The van der Waals surface area contributed by atoms with Gasteiger partial charge in [-0.15, -0.1) is 0 Å². The van der Waals surface area contributed by atoms with Crippen molar-refractivity contribution in [2.75, 3.05) is 26.2 Å². The topological polar surface area (TPSA) is 24.5 Å². The number of nitrogens with one attached hydrogen (secondary N) is 1. The monoisotopic (exact) mass is 346 g/mol. The average molecular weight is 348 g/mol. The van der Waals surface area contributed by atoms with Crippen molar-refractivity contribution in [3.8, 4) is 5.75 Å². The number of hydrogen-bond donors (Lipinski definition) is 1. The molecule has 0 spiro atoms. The largest absolute Gasteiger partial charge is 0.491 e. The molecular weight excluding hydrogens is 328 g/mol. The molecule has 2 rings (SSSR count). The first-order chi connectivity index (χ1) is 9.04. The molecule has 0 radical (unpaired) electrons. The second kappa shape index (κ2) is 6.93.